The molecule has 0 aliphatic rings. The van der Waals surface area contributed by atoms with Crippen molar-refractivity contribution >= 4 is 24.2 Å². The van der Waals surface area contributed by atoms with Crippen molar-refractivity contribution in [3.63, 3.8) is 0 Å². The highest BCUT2D eigenvalue weighted by Crippen LogP contribution is 2.23. The first kappa shape index (κ1) is 12.1. The molecular formula is C12H9BClFO2. The summed E-state index contributed by atoms with van der Waals surface area (Å²) in [4.78, 5) is 0. The van der Waals surface area contributed by atoms with Gasteiger partial charge in [-0.15, -0.1) is 0 Å². The maximum atomic E-state index is 13.0. The van der Waals surface area contributed by atoms with E-state index in [0.29, 0.717) is 16.6 Å². The molecule has 0 heterocycles. The fourth-order valence-electron chi connectivity index (χ4n) is 1.65. The second-order valence-electron chi connectivity index (χ2n) is 3.59. The van der Waals surface area contributed by atoms with Gasteiger partial charge in [-0.3, -0.25) is 0 Å². The van der Waals surface area contributed by atoms with Gasteiger partial charge in [-0.2, -0.15) is 0 Å². The molecule has 0 saturated heterocycles. The first-order valence-electron chi connectivity index (χ1n) is 5.00. The molecule has 0 spiro atoms. The first-order chi connectivity index (χ1) is 8.09. The van der Waals surface area contributed by atoms with Crippen molar-refractivity contribution in [2.24, 2.45) is 0 Å². The van der Waals surface area contributed by atoms with Gasteiger partial charge in [0.2, 0.25) is 0 Å². The van der Waals surface area contributed by atoms with Crippen molar-refractivity contribution in [1.29, 1.82) is 0 Å². The maximum absolute atomic E-state index is 13.0. The minimum atomic E-state index is -1.57. The number of hydrogen-bond donors (Lipinski definition) is 2. The summed E-state index contributed by atoms with van der Waals surface area (Å²) < 4.78 is 13.0. The van der Waals surface area contributed by atoms with Crippen molar-refractivity contribution in [3.8, 4) is 11.1 Å². The standard InChI is InChI=1S/C12H9BClFO2/c14-11-7-8(5-6-12(11)15)9-3-1-2-4-10(9)13(16)17/h1-7,16-17H. The van der Waals surface area contributed by atoms with Crippen LogP contribution in [0.3, 0.4) is 0 Å². The molecule has 2 aromatic carbocycles. The van der Waals surface area contributed by atoms with E-state index in [-0.39, 0.29) is 5.02 Å². The van der Waals surface area contributed by atoms with E-state index in [2.05, 4.69) is 0 Å². The third-order valence-electron chi connectivity index (χ3n) is 2.47. The van der Waals surface area contributed by atoms with Gasteiger partial charge < -0.3 is 10.0 Å². The molecular weight excluding hydrogens is 241 g/mol. The van der Waals surface area contributed by atoms with Crippen LogP contribution < -0.4 is 5.46 Å². The second kappa shape index (κ2) is 4.88. The average Bonchev–Trinajstić information content (AvgIpc) is 2.32. The average molecular weight is 250 g/mol. The molecule has 0 unspecified atom stereocenters. The van der Waals surface area contributed by atoms with Crippen LogP contribution >= 0.6 is 11.6 Å². The predicted octanol–water partition coefficient (Wildman–Crippen LogP) is 1.83. The Morgan fingerprint density at radius 1 is 1.06 bits per heavy atom. The quantitative estimate of drug-likeness (QED) is 0.798. The van der Waals surface area contributed by atoms with E-state index in [1.54, 1.807) is 30.3 Å². The molecule has 0 saturated carbocycles. The highest BCUT2D eigenvalue weighted by molar-refractivity contribution is 6.60. The lowest BCUT2D eigenvalue weighted by atomic mass is 9.75. The van der Waals surface area contributed by atoms with Crippen molar-refractivity contribution in [3.05, 3.63) is 53.3 Å². The van der Waals surface area contributed by atoms with Gasteiger partial charge in [0.05, 0.1) is 5.02 Å². The Morgan fingerprint density at radius 3 is 2.41 bits per heavy atom. The molecule has 17 heavy (non-hydrogen) atoms. The van der Waals surface area contributed by atoms with Crippen LogP contribution in [0.25, 0.3) is 11.1 Å². The third-order valence-corrected chi connectivity index (χ3v) is 2.76. The predicted molar refractivity (Wildman–Crippen MR) is 66.7 cm³/mol. The number of rotatable bonds is 2. The monoisotopic (exact) mass is 250 g/mol. The van der Waals surface area contributed by atoms with Crippen LogP contribution in [0.15, 0.2) is 42.5 Å². The van der Waals surface area contributed by atoms with Gasteiger partial charge in [0.15, 0.2) is 0 Å². The van der Waals surface area contributed by atoms with Crippen molar-refractivity contribution < 1.29 is 14.4 Å². The molecule has 86 valence electrons. The largest absolute Gasteiger partial charge is 0.489 e. The van der Waals surface area contributed by atoms with Gasteiger partial charge in [0.25, 0.3) is 0 Å². The Morgan fingerprint density at radius 2 is 1.76 bits per heavy atom. The molecule has 5 heteroatoms. The highest BCUT2D eigenvalue weighted by atomic mass is 35.5. The van der Waals surface area contributed by atoms with Gasteiger partial charge in [0, 0.05) is 0 Å². The van der Waals surface area contributed by atoms with Crippen LogP contribution in [0, 0.1) is 5.82 Å². The molecule has 0 radical (unpaired) electrons. The Bertz CT molecular complexity index is 546. The lowest BCUT2D eigenvalue weighted by molar-refractivity contribution is 0.426. The van der Waals surface area contributed by atoms with E-state index >= 15 is 0 Å². The molecule has 0 aliphatic heterocycles. The Hall–Kier alpha value is -1.36. The topological polar surface area (TPSA) is 40.5 Å². The van der Waals surface area contributed by atoms with Crippen molar-refractivity contribution in [2.75, 3.05) is 0 Å². The summed E-state index contributed by atoms with van der Waals surface area (Å²) in [6.45, 7) is 0. The fourth-order valence-corrected chi connectivity index (χ4v) is 1.83. The lowest BCUT2D eigenvalue weighted by Crippen LogP contribution is -2.31. The van der Waals surface area contributed by atoms with Crippen LogP contribution in [0.5, 0.6) is 0 Å². The van der Waals surface area contributed by atoms with E-state index in [4.69, 9.17) is 11.6 Å². The zero-order valence-electron chi connectivity index (χ0n) is 8.77. The number of halogens is 2. The van der Waals surface area contributed by atoms with E-state index < -0.39 is 12.9 Å². The molecule has 2 N–H and O–H groups in total. The van der Waals surface area contributed by atoms with Crippen LogP contribution in [0.1, 0.15) is 0 Å². The molecule has 2 rings (SSSR count). The van der Waals surface area contributed by atoms with E-state index in [9.17, 15) is 14.4 Å². The van der Waals surface area contributed by atoms with Crippen LogP contribution in [-0.4, -0.2) is 17.2 Å². The van der Waals surface area contributed by atoms with E-state index in [1.165, 1.54) is 12.1 Å². The smallest absolute Gasteiger partial charge is 0.423 e. The first-order valence-corrected chi connectivity index (χ1v) is 5.38. The molecule has 0 fully saturated rings. The second-order valence-corrected chi connectivity index (χ2v) is 4.00. The zero-order valence-corrected chi connectivity index (χ0v) is 9.53. The summed E-state index contributed by atoms with van der Waals surface area (Å²) in [5.41, 5.74) is 1.61. The molecule has 0 aromatic heterocycles. The summed E-state index contributed by atoms with van der Waals surface area (Å²) in [5, 5.41) is 18.5. The van der Waals surface area contributed by atoms with Gasteiger partial charge in [-0.05, 0) is 28.7 Å². The fraction of sp³-hybridized carbons (Fsp3) is 0. The van der Waals surface area contributed by atoms with Gasteiger partial charge in [-0.25, -0.2) is 4.39 Å². The molecule has 0 aliphatic carbocycles. The molecule has 0 amide bonds. The molecule has 0 bridgehead atoms. The van der Waals surface area contributed by atoms with Crippen molar-refractivity contribution in [1.82, 2.24) is 0 Å². The van der Waals surface area contributed by atoms with Gasteiger partial charge in [0.1, 0.15) is 5.82 Å². The Kier molecular flexibility index (Phi) is 3.47. The van der Waals surface area contributed by atoms with Crippen LogP contribution in [0.2, 0.25) is 5.02 Å². The number of hydrogen-bond acceptors (Lipinski definition) is 2. The van der Waals surface area contributed by atoms with Crippen LogP contribution in [-0.2, 0) is 0 Å². The van der Waals surface area contributed by atoms with E-state index in [1.807, 2.05) is 0 Å². The SMILES string of the molecule is OB(O)c1ccccc1-c1ccc(F)c(Cl)c1. The van der Waals surface area contributed by atoms with E-state index in [0.717, 1.165) is 0 Å². The highest BCUT2D eigenvalue weighted by Gasteiger charge is 2.16. The summed E-state index contributed by atoms with van der Waals surface area (Å²) in [5.74, 6) is -0.502. The number of benzene rings is 2. The molecule has 2 aromatic rings. The minimum Gasteiger partial charge on any atom is -0.423 e. The third kappa shape index (κ3) is 2.49. The lowest BCUT2D eigenvalue weighted by Gasteiger charge is -2.09. The summed E-state index contributed by atoms with van der Waals surface area (Å²) in [7, 11) is -1.57. The summed E-state index contributed by atoms with van der Waals surface area (Å²) in [6, 6.07) is 11.0. The minimum absolute atomic E-state index is 0.00438. The summed E-state index contributed by atoms with van der Waals surface area (Å²) >= 11 is 5.70. The molecule has 0 atom stereocenters. The van der Waals surface area contributed by atoms with Gasteiger partial charge >= 0.3 is 7.12 Å². The maximum Gasteiger partial charge on any atom is 0.489 e. The Balaban J connectivity index is 2.56. The summed E-state index contributed by atoms with van der Waals surface area (Å²) in [6.07, 6.45) is 0. The normalized spacial score (nSPS) is 10.4. The Labute approximate surface area is 103 Å². The van der Waals surface area contributed by atoms with Crippen LogP contribution in [0.4, 0.5) is 4.39 Å². The van der Waals surface area contributed by atoms with Crippen molar-refractivity contribution in [2.45, 2.75) is 0 Å². The zero-order chi connectivity index (χ0) is 12.4. The molecule has 2 nitrogen and oxygen atoms in total. The van der Waals surface area contributed by atoms with Gasteiger partial charge in [-0.1, -0.05) is 41.9 Å².